The first-order valence-corrected chi connectivity index (χ1v) is 8.31. The molecule has 1 aliphatic carbocycles. The minimum Gasteiger partial charge on any atom is -0.457 e. The van der Waals surface area contributed by atoms with Crippen molar-refractivity contribution < 1.29 is 4.74 Å². The molecule has 21 heavy (non-hydrogen) atoms. The highest BCUT2D eigenvalue weighted by atomic mass is 79.9. The number of halogens is 3. The van der Waals surface area contributed by atoms with Gasteiger partial charge in [-0.3, -0.25) is 0 Å². The summed E-state index contributed by atoms with van der Waals surface area (Å²) in [5.41, 5.74) is 1.23. The molecule has 0 atom stereocenters. The highest BCUT2D eigenvalue weighted by molar-refractivity contribution is 9.10. The third kappa shape index (κ3) is 4.13. The normalized spacial score (nSPS) is 14.2. The van der Waals surface area contributed by atoms with Gasteiger partial charge in [-0.25, -0.2) is 0 Å². The van der Waals surface area contributed by atoms with Gasteiger partial charge in [0.2, 0.25) is 0 Å². The van der Waals surface area contributed by atoms with Crippen LogP contribution in [-0.4, -0.2) is 6.04 Å². The lowest BCUT2D eigenvalue weighted by molar-refractivity contribution is 0.482. The molecule has 1 aliphatic rings. The fraction of sp³-hybridized carbons (Fsp3) is 0.250. The maximum Gasteiger partial charge on any atom is 0.129 e. The van der Waals surface area contributed by atoms with Crippen molar-refractivity contribution in [1.82, 2.24) is 5.32 Å². The molecule has 5 heteroatoms. The SMILES string of the molecule is Clc1ccc(Oc2ccc(CNC3CC3)c(Br)c2)cc1Cl. The van der Waals surface area contributed by atoms with Crippen LogP contribution in [0.1, 0.15) is 18.4 Å². The van der Waals surface area contributed by atoms with Gasteiger partial charge in [0.05, 0.1) is 10.0 Å². The van der Waals surface area contributed by atoms with Gasteiger partial charge < -0.3 is 10.1 Å². The first kappa shape index (κ1) is 15.2. The predicted molar refractivity (Wildman–Crippen MR) is 90.5 cm³/mol. The Balaban J connectivity index is 1.70. The largest absolute Gasteiger partial charge is 0.457 e. The summed E-state index contributed by atoms with van der Waals surface area (Å²) in [5.74, 6) is 1.43. The van der Waals surface area contributed by atoms with Gasteiger partial charge in [0.1, 0.15) is 11.5 Å². The van der Waals surface area contributed by atoms with Crippen molar-refractivity contribution in [2.75, 3.05) is 0 Å². The molecule has 0 amide bonds. The van der Waals surface area contributed by atoms with Crippen molar-refractivity contribution in [3.05, 3.63) is 56.5 Å². The van der Waals surface area contributed by atoms with Crippen LogP contribution in [0.3, 0.4) is 0 Å². The Morgan fingerprint density at radius 1 is 1.05 bits per heavy atom. The second-order valence-electron chi connectivity index (χ2n) is 5.09. The van der Waals surface area contributed by atoms with Crippen molar-refractivity contribution in [3.63, 3.8) is 0 Å². The quantitative estimate of drug-likeness (QED) is 0.700. The summed E-state index contributed by atoms with van der Waals surface area (Å²) in [7, 11) is 0. The van der Waals surface area contributed by atoms with Crippen molar-refractivity contribution in [1.29, 1.82) is 0 Å². The van der Waals surface area contributed by atoms with Crippen LogP contribution in [0.5, 0.6) is 11.5 Å². The summed E-state index contributed by atoms with van der Waals surface area (Å²) < 4.78 is 6.83. The molecule has 0 heterocycles. The molecule has 2 aromatic rings. The van der Waals surface area contributed by atoms with E-state index in [2.05, 4.69) is 27.3 Å². The van der Waals surface area contributed by atoms with Crippen LogP contribution in [0.25, 0.3) is 0 Å². The molecule has 1 N–H and O–H groups in total. The van der Waals surface area contributed by atoms with Crippen LogP contribution in [0, 0.1) is 0 Å². The summed E-state index contributed by atoms with van der Waals surface area (Å²) in [6, 6.07) is 11.9. The summed E-state index contributed by atoms with van der Waals surface area (Å²) >= 11 is 15.5. The molecule has 0 radical (unpaired) electrons. The lowest BCUT2D eigenvalue weighted by Gasteiger charge is -2.10. The first-order chi connectivity index (χ1) is 10.1. The molecule has 2 aromatic carbocycles. The monoisotopic (exact) mass is 385 g/mol. The Bertz CT molecular complexity index is 659. The zero-order valence-corrected chi connectivity index (χ0v) is 14.3. The van der Waals surface area contributed by atoms with E-state index in [0.29, 0.717) is 21.8 Å². The van der Waals surface area contributed by atoms with Crippen LogP contribution in [0.2, 0.25) is 10.0 Å². The Labute approximate surface area is 142 Å². The van der Waals surface area contributed by atoms with Gasteiger partial charge in [-0.1, -0.05) is 45.2 Å². The van der Waals surface area contributed by atoms with Gasteiger partial charge >= 0.3 is 0 Å². The lowest BCUT2D eigenvalue weighted by atomic mass is 10.2. The number of nitrogens with one attached hydrogen (secondary N) is 1. The minimum atomic E-state index is 0.485. The lowest BCUT2D eigenvalue weighted by Crippen LogP contribution is -2.15. The molecule has 110 valence electrons. The molecule has 0 aromatic heterocycles. The van der Waals surface area contributed by atoms with Crippen LogP contribution < -0.4 is 10.1 Å². The molecule has 1 saturated carbocycles. The van der Waals surface area contributed by atoms with E-state index in [4.69, 9.17) is 27.9 Å². The number of ether oxygens (including phenoxy) is 1. The van der Waals surface area contributed by atoms with E-state index in [1.54, 1.807) is 18.2 Å². The fourth-order valence-electron chi connectivity index (χ4n) is 1.95. The Morgan fingerprint density at radius 3 is 2.43 bits per heavy atom. The van der Waals surface area contributed by atoms with Crippen LogP contribution in [0.4, 0.5) is 0 Å². The molecule has 3 rings (SSSR count). The topological polar surface area (TPSA) is 21.3 Å². The third-order valence-electron chi connectivity index (χ3n) is 3.31. The Hall–Kier alpha value is -0.740. The minimum absolute atomic E-state index is 0.485. The number of hydrogen-bond acceptors (Lipinski definition) is 2. The van der Waals surface area contributed by atoms with E-state index < -0.39 is 0 Å². The number of hydrogen-bond donors (Lipinski definition) is 1. The molecular weight excluding hydrogens is 373 g/mol. The van der Waals surface area contributed by atoms with Crippen molar-refractivity contribution in [2.45, 2.75) is 25.4 Å². The average molecular weight is 387 g/mol. The average Bonchev–Trinajstić information content (AvgIpc) is 3.26. The predicted octanol–water partition coefficient (Wildman–Crippen LogP) is 5.80. The maximum absolute atomic E-state index is 5.98. The fourth-order valence-corrected chi connectivity index (χ4v) is 2.74. The van der Waals surface area contributed by atoms with Crippen LogP contribution in [-0.2, 0) is 6.54 Å². The van der Waals surface area contributed by atoms with Crippen molar-refractivity contribution >= 4 is 39.1 Å². The molecule has 0 spiro atoms. The summed E-state index contributed by atoms with van der Waals surface area (Å²) in [6.07, 6.45) is 2.58. The maximum atomic E-state index is 5.98. The van der Waals surface area contributed by atoms with Crippen molar-refractivity contribution in [2.24, 2.45) is 0 Å². The Kier molecular flexibility index (Phi) is 4.75. The number of benzene rings is 2. The molecule has 1 fully saturated rings. The van der Waals surface area contributed by atoms with Gasteiger partial charge in [0, 0.05) is 23.1 Å². The van der Waals surface area contributed by atoms with Crippen molar-refractivity contribution in [3.8, 4) is 11.5 Å². The smallest absolute Gasteiger partial charge is 0.129 e. The van der Waals surface area contributed by atoms with Gasteiger partial charge in [0.25, 0.3) is 0 Å². The van der Waals surface area contributed by atoms with Gasteiger partial charge in [-0.15, -0.1) is 0 Å². The summed E-state index contributed by atoms with van der Waals surface area (Å²) in [4.78, 5) is 0. The molecule has 0 unspecified atom stereocenters. The van der Waals surface area contributed by atoms with Gasteiger partial charge in [0.15, 0.2) is 0 Å². The molecule has 0 saturated heterocycles. The van der Waals surface area contributed by atoms with E-state index in [-0.39, 0.29) is 0 Å². The first-order valence-electron chi connectivity index (χ1n) is 6.76. The molecule has 0 aliphatic heterocycles. The summed E-state index contributed by atoms with van der Waals surface area (Å²) in [6.45, 7) is 0.873. The second kappa shape index (κ2) is 6.57. The van der Waals surface area contributed by atoms with E-state index >= 15 is 0 Å². The van der Waals surface area contributed by atoms with E-state index in [1.807, 2.05) is 12.1 Å². The van der Waals surface area contributed by atoms with E-state index in [9.17, 15) is 0 Å². The van der Waals surface area contributed by atoms with Gasteiger partial charge in [-0.2, -0.15) is 0 Å². The van der Waals surface area contributed by atoms with Crippen LogP contribution in [0.15, 0.2) is 40.9 Å². The molecule has 2 nitrogen and oxygen atoms in total. The standard InChI is InChI=1S/C16H14BrCl2NO/c17-14-7-12(4-1-10(14)9-20-11-2-3-11)21-13-5-6-15(18)16(19)8-13/h1,4-8,11,20H,2-3,9H2. The molecular formula is C16H14BrCl2NO. The van der Waals surface area contributed by atoms with E-state index in [0.717, 1.165) is 16.8 Å². The number of rotatable bonds is 5. The zero-order chi connectivity index (χ0) is 14.8. The van der Waals surface area contributed by atoms with Crippen LogP contribution >= 0.6 is 39.1 Å². The second-order valence-corrected chi connectivity index (χ2v) is 6.76. The third-order valence-corrected chi connectivity index (χ3v) is 4.79. The highest BCUT2D eigenvalue weighted by Gasteiger charge is 2.20. The van der Waals surface area contributed by atoms with E-state index in [1.165, 1.54) is 18.4 Å². The van der Waals surface area contributed by atoms with Gasteiger partial charge in [-0.05, 0) is 42.7 Å². The zero-order valence-electron chi connectivity index (χ0n) is 11.2. The highest BCUT2D eigenvalue weighted by Crippen LogP contribution is 2.31. The summed E-state index contributed by atoms with van der Waals surface area (Å²) in [5, 5.41) is 4.50. The Morgan fingerprint density at radius 2 is 1.76 bits per heavy atom. The molecule has 0 bridgehead atoms.